The van der Waals surface area contributed by atoms with E-state index in [4.69, 9.17) is 0 Å². The van der Waals surface area contributed by atoms with Crippen molar-refractivity contribution in [3.8, 4) is 0 Å². The second kappa shape index (κ2) is 9.09. The van der Waals surface area contributed by atoms with Gasteiger partial charge in [0.05, 0.1) is 10.9 Å². The van der Waals surface area contributed by atoms with Gasteiger partial charge in [-0.15, -0.1) is 0 Å². The monoisotopic (exact) mass is 357 g/mol. The number of aryl methyl sites for hydroxylation is 1. The second-order valence-corrected chi connectivity index (χ2v) is 7.74. The van der Waals surface area contributed by atoms with Crippen LogP contribution < -0.4 is 5.56 Å². The van der Waals surface area contributed by atoms with Crippen LogP contribution in [0.15, 0.2) is 29.1 Å². The summed E-state index contributed by atoms with van der Waals surface area (Å²) in [7, 11) is 0. The van der Waals surface area contributed by atoms with Gasteiger partial charge >= 0.3 is 0 Å². The number of benzene rings is 1. The number of aromatic nitrogens is 3. The van der Waals surface area contributed by atoms with Crippen LogP contribution in [0, 0.1) is 0 Å². The fourth-order valence-electron chi connectivity index (χ4n) is 3.18. The molecule has 134 valence electrons. The zero-order chi connectivity index (χ0) is 17.5. The second-order valence-electron chi connectivity index (χ2n) is 6.70. The van der Waals surface area contributed by atoms with Crippen LogP contribution in [0.1, 0.15) is 69.7 Å². The lowest BCUT2D eigenvalue weighted by molar-refractivity contribution is 0.564. The smallest absolute Gasteiger partial charge is 0.267 e. The Balaban J connectivity index is 1.50. The Kier molecular flexibility index (Phi) is 6.56. The first-order chi connectivity index (χ1) is 12.3. The minimum atomic E-state index is -0.0600. The van der Waals surface area contributed by atoms with Crippen LogP contribution in [-0.4, -0.2) is 14.6 Å². The minimum Gasteiger partial charge on any atom is -0.267 e. The molecule has 1 aromatic carbocycles. The Morgan fingerprint density at radius 1 is 0.960 bits per heavy atom. The largest absolute Gasteiger partial charge is 0.283 e. The van der Waals surface area contributed by atoms with E-state index in [1.54, 1.807) is 11.3 Å². The Morgan fingerprint density at radius 2 is 1.64 bits per heavy atom. The molecule has 0 radical (unpaired) electrons. The molecular formula is C20H27N3OS. The Bertz CT molecular complexity index is 868. The van der Waals surface area contributed by atoms with Crippen molar-refractivity contribution in [1.29, 1.82) is 0 Å². The van der Waals surface area contributed by atoms with Crippen molar-refractivity contribution in [2.75, 3.05) is 0 Å². The summed E-state index contributed by atoms with van der Waals surface area (Å²) >= 11 is 1.54. The zero-order valence-electron chi connectivity index (χ0n) is 15.0. The third-order valence-electron chi connectivity index (χ3n) is 4.64. The summed E-state index contributed by atoms with van der Waals surface area (Å²) in [5.41, 5.74) is 0.695. The molecule has 0 spiro atoms. The van der Waals surface area contributed by atoms with Gasteiger partial charge in [-0.2, -0.15) is 9.61 Å². The average Bonchev–Trinajstić information content (AvgIpc) is 3.04. The topological polar surface area (TPSA) is 47.3 Å². The molecule has 0 aliphatic rings. The van der Waals surface area contributed by atoms with Crippen LogP contribution in [0.4, 0.5) is 0 Å². The molecule has 25 heavy (non-hydrogen) atoms. The van der Waals surface area contributed by atoms with Crippen LogP contribution >= 0.6 is 11.3 Å². The van der Waals surface area contributed by atoms with Gasteiger partial charge in [0.25, 0.3) is 5.56 Å². The van der Waals surface area contributed by atoms with E-state index < -0.39 is 0 Å². The molecule has 0 aliphatic carbocycles. The van der Waals surface area contributed by atoms with Crippen molar-refractivity contribution in [2.24, 2.45) is 0 Å². The summed E-state index contributed by atoms with van der Waals surface area (Å²) in [6, 6.07) is 7.48. The Labute approximate surface area is 152 Å². The third-order valence-corrected chi connectivity index (χ3v) is 5.61. The standard InChI is InChI=1S/C20H27N3OS/c1-2-3-4-5-6-7-8-9-10-15-18-22-23-19(24)16-13-11-12-14-17(16)21-20(23)25-18/h11-14H,2-10,15H2,1H3. The van der Waals surface area contributed by atoms with E-state index in [1.807, 2.05) is 24.3 Å². The van der Waals surface area contributed by atoms with Gasteiger partial charge in [0, 0.05) is 6.42 Å². The highest BCUT2D eigenvalue weighted by atomic mass is 32.1. The van der Waals surface area contributed by atoms with Gasteiger partial charge in [-0.3, -0.25) is 4.79 Å². The van der Waals surface area contributed by atoms with Crippen molar-refractivity contribution in [1.82, 2.24) is 14.6 Å². The van der Waals surface area contributed by atoms with E-state index in [0.29, 0.717) is 10.3 Å². The molecule has 0 aliphatic heterocycles. The molecule has 2 aromatic heterocycles. The van der Waals surface area contributed by atoms with Crippen LogP contribution in [0.5, 0.6) is 0 Å². The summed E-state index contributed by atoms with van der Waals surface area (Å²) in [4.78, 5) is 17.8. The number of nitrogens with zero attached hydrogens (tertiary/aromatic N) is 3. The highest BCUT2D eigenvalue weighted by Crippen LogP contribution is 2.17. The lowest BCUT2D eigenvalue weighted by Crippen LogP contribution is -2.15. The SMILES string of the molecule is CCCCCCCCCCCc1nn2c(=O)c3ccccc3nc2s1. The maximum atomic E-state index is 12.5. The fourth-order valence-corrected chi connectivity index (χ4v) is 4.12. The molecule has 0 unspecified atom stereocenters. The molecule has 0 N–H and O–H groups in total. The van der Waals surface area contributed by atoms with Crippen LogP contribution in [-0.2, 0) is 6.42 Å². The van der Waals surface area contributed by atoms with Gasteiger partial charge in [0.2, 0.25) is 4.96 Å². The summed E-state index contributed by atoms with van der Waals surface area (Å²) in [5, 5.41) is 6.15. The predicted octanol–water partition coefficient (Wildman–Crippen LogP) is 5.38. The van der Waals surface area contributed by atoms with E-state index in [9.17, 15) is 4.79 Å². The first kappa shape index (κ1) is 18.1. The summed E-state index contributed by atoms with van der Waals surface area (Å²) in [5.74, 6) is 0. The predicted molar refractivity (Wildman–Crippen MR) is 106 cm³/mol. The quantitative estimate of drug-likeness (QED) is 0.458. The summed E-state index contributed by atoms with van der Waals surface area (Å²) < 4.78 is 1.47. The van der Waals surface area contributed by atoms with E-state index in [-0.39, 0.29) is 5.56 Å². The number of rotatable bonds is 10. The molecule has 2 heterocycles. The van der Waals surface area contributed by atoms with Gasteiger partial charge in [0.15, 0.2) is 0 Å². The van der Waals surface area contributed by atoms with E-state index in [0.717, 1.165) is 23.4 Å². The van der Waals surface area contributed by atoms with Crippen LogP contribution in [0.2, 0.25) is 0 Å². The van der Waals surface area contributed by atoms with E-state index in [1.165, 1.54) is 55.9 Å². The number of hydrogen-bond donors (Lipinski definition) is 0. The number of unbranched alkanes of at least 4 members (excludes halogenated alkanes) is 8. The van der Waals surface area contributed by atoms with E-state index >= 15 is 0 Å². The van der Waals surface area contributed by atoms with Crippen molar-refractivity contribution in [3.05, 3.63) is 39.6 Å². The zero-order valence-corrected chi connectivity index (χ0v) is 15.9. The number of fused-ring (bicyclic) bond motifs is 2. The maximum absolute atomic E-state index is 12.5. The van der Waals surface area contributed by atoms with Crippen molar-refractivity contribution in [3.63, 3.8) is 0 Å². The summed E-state index contributed by atoms with van der Waals surface area (Å²) in [6.07, 6.45) is 12.8. The first-order valence-corrected chi connectivity index (χ1v) is 10.4. The lowest BCUT2D eigenvalue weighted by atomic mass is 10.1. The first-order valence-electron chi connectivity index (χ1n) is 9.57. The van der Waals surface area contributed by atoms with Crippen molar-refractivity contribution >= 4 is 27.2 Å². The molecular weight excluding hydrogens is 330 g/mol. The molecule has 5 heteroatoms. The Morgan fingerprint density at radius 3 is 2.40 bits per heavy atom. The average molecular weight is 358 g/mol. The van der Waals surface area contributed by atoms with Crippen molar-refractivity contribution in [2.45, 2.75) is 71.1 Å². The number of para-hydroxylation sites is 1. The molecule has 0 saturated carbocycles. The lowest BCUT2D eigenvalue weighted by Gasteiger charge is -2.00. The molecule has 0 bridgehead atoms. The minimum absolute atomic E-state index is 0.0600. The van der Waals surface area contributed by atoms with E-state index in [2.05, 4.69) is 17.0 Å². The van der Waals surface area contributed by atoms with Crippen LogP contribution in [0.3, 0.4) is 0 Å². The Hall–Kier alpha value is -1.75. The van der Waals surface area contributed by atoms with Gasteiger partial charge in [-0.1, -0.05) is 81.8 Å². The maximum Gasteiger partial charge on any atom is 0.283 e. The normalized spacial score (nSPS) is 11.6. The molecule has 3 aromatic rings. The third kappa shape index (κ3) is 4.66. The summed E-state index contributed by atoms with van der Waals surface area (Å²) in [6.45, 7) is 2.26. The molecule has 0 amide bonds. The fraction of sp³-hybridized carbons (Fsp3) is 0.550. The molecule has 3 rings (SSSR count). The highest BCUT2D eigenvalue weighted by Gasteiger charge is 2.10. The molecule has 4 nitrogen and oxygen atoms in total. The molecule has 0 atom stereocenters. The molecule has 0 saturated heterocycles. The van der Waals surface area contributed by atoms with Crippen molar-refractivity contribution < 1.29 is 0 Å². The highest BCUT2D eigenvalue weighted by molar-refractivity contribution is 7.16. The van der Waals surface area contributed by atoms with Crippen LogP contribution in [0.25, 0.3) is 15.9 Å². The van der Waals surface area contributed by atoms with Gasteiger partial charge < -0.3 is 0 Å². The van der Waals surface area contributed by atoms with Gasteiger partial charge in [-0.05, 0) is 18.6 Å². The van der Waals surface area contributed by atoms with Gasteiger partial charge in [-0.25, -0.2) is 4.98 Å². The number of hydrogen-bond acceptors (Lipinski definition) is 4. The van der Waals surface area contributed by atoms with Gasteiger partial charge in [0.1, 0.15) is 5.01 Å². The molecule has 0 fully saturated rings.